The van der Waals surface area contributed by atoms with E-state index in [9.17, 15) is 18.3 Å². The molecular weight excluding hydrogens is 316 g/mol. The summed E-state index contributed by atoms with van der Waals surface area (Å²) >= 11 is 0. The van der Waals surface area contributed by atoms with Crippen molar-refractivity contribution in [3.8, 4) is 0 Å². The summed E-state index contributed by atoms with van der Waals surface area (Å²) in [5.41, 5.74) is 1.37. The molecule has 23 heavy (non-hydrogen) atoms. The van der Waals surface area contributed by atoms with E-state index in [-0.39, 0.29) is 17.2 Å². The smallest absolute Gasteiger partial charge is 0.321 e. The first-order valence-electron chi connectivity index (χ1n) is 7.44. The van der Waals surface area contributed by atoms with Gasteiger partial charge in [-0.2, -0.15) is 4.72 Å². The quantitative estimate of drug-likeness (QED) is 0.845. The van der Waals surface area contributed by atoms with Crippen LogP contribution in [0.2, 0.25) is 0 Å². The van der Waals surface area contributed by atoms with E-state index in [2.05, 4.69) is 4.72 Å². The highest BCUT2D eigenvalue weighted by atomic mass is 32.2. The number of nitrogens with zero attached hydrogens (tertiary/aromatic N) is 1. The van der Waals surface area contributed by atoms with E-state index in [4.69, 9.17) is 0 Å². The fourth-order valence-corrected chi connectivity index (χ4v) is 4.42. The van der Waals surface area contributed by atoms with Gasteiger partial charge in [-0.25, -0.2) is 8.42 Å². The number of sulfonamides is 1. The molecule has 1 heterocycles. The van der Waals surface area contributed by atoms with Crippen LogP contribution in [-0.4, -0.2) is 30.1 Å². The van der Waals surface area contributed by atoms with Gasteiger partial charge >= 0.3 is 5.97 Å². The molecular formula is C16H22N2O4S. The molecule has 1 aromatic heterocycles. The topological polar surface area (TPSA) is 88.4 Å². The molecule has 1 aromatic carbocycles. The molecule has 2 rings (SSSR count). The molecule has 0 saturated carbocycles. The largest absolute Gasteiger partial charge is 0.480 e. The van der Waals surface area contributed by atoms with Crippen LogP contribution in [0.1, 0.15) is 26.0 Å². The Kier molecular flexibility index (Phi) is 4.81. The van der Waals surface area contributed by atoms with Gasteiger partial charge in [-0.15, -0.1) is 0 Å². The number of carboxylic acids is 1. The summed E-state index contributed by atoms with van der Waals surface area (Å²) in [6.07, 6.45) is 0.235. The number of aliphatic carboxylic acids is 1. The van der Waals surface area contributed by atoms with E-state index in [0.29, 0.717) is 11.1 Å². The zero-order valence-corrected chi connectivity index (χ0v) is 14.5. The molecule has 0 amide bonds. The lowest BCUT2D eigenvalue weighted by Crippen LogP contribution is -2.41. The number of aryl methyl sites for hydroxylation is 1. The second-order valence-electron chi connectivity index (χ2n) is 6.13. The van der Waals surface area contributed by atoms with Crippen molar-refractivity contribution in [2.45, 2.75) is 38.1 Å². The summed E-state index contributed by atoms with van der Waals surface area (Å²) in [6, 6.07) is 6.03. The number of carboxylic acid groups (broad SMARTS) is 1. The van der Waals surface area contributed by atoms with Crippen LogP contribution in [0.4, 0.5) is 0 Å². The number of hydrogen-bond donors (Lipinski definition) is 2. The monoisotopic (exact) mass is 338 g/mol. The average Bonchev–Trinajstić information content (AvgIpc) is 2.70. The van der Waals surface area contributed by atoms with Crippen LogP contribution >= 0.6 is 0 Å². The van der Waals surface area contributed by atoms with E-state index >= 15 is 0 Å². The summed E-state index contributed by atoms with van der Waals surface area (Å²) in [5, 5.41) is 9.88. The molecule has 7 heteroatoms. The number of rotatable bonds is 6. The predicted molar refractivity (Wildman–Crippen MR) is 88.9 cm³/mol. The molecule has 2 aromatic rings. The average molecular weight is 338 g/mol. The minimum Gasteiger partial charge on any atom is -0.480 e. The predicted octanol–water partition coefficient (Wildman–Crippen LogP) is 2.26. The van der Waals surface area contributed by atoms with Crippen LogP contribution in [0.5, 0.6) is 0 Å². The highest BCUT2D eigenvalue weighted by Gasteiger charge is 2.30. The van der Waals surface area contributed by atoms with Crippen molar-refractivity contribution in [3.63, 3.8) is 0 Å². The molecule has 0 unspecified atom stereocenters. The standard InChI is InChI=1S/C16H22N2O4S/c1-10(2)9-13(16(19)20)17-23(21,22)15-11(3)18(4)14-8-6-5-7-12(14)15/h5-8,10,13,17H,9H2,1-4H3,(H,19,20)/t13-/m1/s1. The van der Waals surface area contributed by atoms with E-state index in [1.54, 1.807) is 30.7 Å². The van der Waals surface area contributed by atoms with Gasteiger partial charge in [0.15, 0.2) is 0 Å². The first-order valence-corrected chi connectivity index (χ1v) is 8.92. The molecule has 0 radical (unpaired) electrons. The lowest BCUT2D eigenvalue weighted by Gasteiger charge is -2.17. The van der Waals surface area contributed by atoms with Gasteiger partial charge < -0.3 is 9.67 Å². The van der Waals surface area contributed by atoms with Gasteiger partial charge in [0.2, 0.25) is 10.0 Å². The molecule has 0 aliphatic carbocycles. The maximum atomic E-state index is 12.8. The number of hydrogen-bond acceptors (Lipinski definition) is 3. The summed E-state index contributed by atoms with van der Waals surface area (Å²) < 4.78 is 29.7. The number of para-hydroxylation sites is 1. The van der Waals surface area contributed by atoms with E-state index in [1.807, 2.05) is 26.0 Å². The van der Waals surface area contributed by atoms with Crippen molar-refractivity contribution in [3.05, 3.63) is 30.0 Å². The summed E-state index contributed by atoms with van der Waals surface area (Å²) in [4.78, 5) is 11.5. The van der Waals surface area contributed by atoms with Gasteiger partial charge in [0.1, 0.15) is 10.9 Å². The highest BCUT2D eigenvalue weighted by Crippen LogP contribution is 2.29. The third-order valence-electron chi connectivity index (χ3n) is 3.91. The van der Waals surface area contributed by atoms with Gasteiger partial charge in [-0.1, -0.05) is 32.0 Å². The van der Waals surface area contributed by atoms with Crippen LogP contribution in [0, 0.1) is 12.8 Å². The first kappa shape index (κ1) is 17.5. The lowest BCUT2D eigenvalue weighted by atomic mass is 10.1. The Balaban J connectivity index is 2.52. The molecule has 0 bridgehead atoms. The fraction of sp³-hybridized carbons (Fsp3) is 0.438. The third-order valence-corrected chi connectivity index (χ3v) is 5.56. The maximum Gasteiger partial charge on any atom is 0.321 e. The second-order valence-corrected chi connectivity index (χ2v) is 7.78. The Morgan fingerprint density at radius 1 is 1.30 bits per heavy atom. The third kappa shape index (κ3) is 3.40. The fourth-order valence-electron chi connectivity index (χ4n) is 2.74. The number of nitrogens with one attached hydrogen (secondary N) is 1. The maximum absolute atomic E-state index is 12.8. The minimum atomic E-state index is -3.94. The van der Waals surface area contributed by atoms with Crippen LogP contribution in [0.15, 0.2) is 29.2 Å². The molecule has 6 nitrogen and oxygen atoms in total. The SMILES string of the molecule is Cc1c(S(=O)(=O)N[C@H](CC(C)C)C(=O)O)c2ccccc2n1C. The first-order chi connectivity index (χ1) is 10.6. The van der Waals surface area contributed by atoms with Gasteiger partial charge in [-0.3, -0.25) is 4.79 Å². The number of aromatic nitrogens is 1. The summed E-state index contributed by atoms with van der Waals surface area (Å²) in [5.74, 6) is -1.10. The zero-order valence-electron chi connectivity index (χ0n) is 13.7. The van der Waals surface area contributed by atoms with Crippen LogP contribution < -0.4 is 4.72 Å². The molecule has 0 aliphatic rings. The lowest BCUT2D eigenvalue weighted by molar-refractivity contribution is -0.139. The Bertz CT molecular complexity index is 837. The zero-order chi connectivity index (χ0) is 17.4. The Labute approximate surface area is 136 Å². The minimum absolute atomic E-state index is 0.0624. The molecule has 0 spiro atoms. The molecule has 0 aliphatic heterocycles. The van der Waals surface area contributed by atoms with Gasteiger partial charge in [0, 0.05) is 23.6 Å². The molecule has 1 atom stereocenters. The van der Waals surface area contributed by atoms with E-state index < -0.39 is 22.0 Å². The van der Waals surface area contributed by atoms with E-state index in [1.165, 1.54) is 0 Å². The van der Waals surface area contributed by atoms with Gasteiger partial charge in [0.25, 0.3) is 0 Å². The van der Waals surface area contributed by atoms with Crippen molar-refractivity contribution >= 4 is 26.9 Å². The number of carbonyl (C=O) groups is 1. The van der Waals surface area contributed by atoms with Crippen molar-refractivity contribution < 1.29 is 18.3 Å². The highest BCUT2D eigenvalue weighted by molar-refractivity contribution is 7.89. The Morgan fingerprint density at radius 3 is 2.48 bits per heavy atom. The number of benzene rings is 1. The molecule has 126 valence electrons. The van der Waals surface area contributed by atoms with Crippen molar-refractivity contribution in [1.29, 1.82) is 0 Å². The molecule has 0 saturated heterocycles. The molecule has 2 N–H and O–H groups in total. The van der Waals surface area contributed by atoms with Crippen LogP contribution in [-0.2, 0) is 21.9 Å². The second kappa shape index (κ2) is 6.33. The van der Waals surface area contributed by atoms with E-state index in [0.717, 1.165) is 5.52 Å². The summed E-state index contributed by atoms with van der Waals surface area (Å²) in [7, 11) is -2.15. The van der Waals surface area contributed by atoms with Crippen LogP contribution in [0.25, 0.3) is 10.9 Å². The Morgan fingerprint density at radius 2 is 1.91 bits per heavy atom. The van der Waals surface area contributed by atoms with Crippen molar-refractivity contribution in [2.75, 3.05) is 0 Å². The van der Waals surface area contributed by atoms with Gasteiger partial charge in [-0.05, 0) is 25.3 Å². The Hall–Kier alpha value is -1.86. The normalized spacial score (nSPS) is 13.6. The summed E-state index contributed by atoms with van der Waals surface area (Å²) in [6.45, 7) is 5.42. The molecule has 0 fully saturated rings. The van der Waals surface area contributed by atoms with Crippen molar-refractivity contribution in [1.82, 2.24) is 9.29 Å². The van der Waals surface area contributed by atoms with Crippen LogP contribution in [0.3, 0.4) is 0 Å². The van der Waals surface area contributed by atoms with Crippen molar-refractivity contribution in [2.24, 2.45) is 13.0 Å². The number of fused-ring (bicyclic) bond motifs is 1. The van der Waals surface area contributed by atoms with Gasteiger partial charge in [0.05, 0.1) is 0 Å².